The summed E-state index contributed by atoms with van der Waals surface area (Å²) in [5, 5.41) is 4.88. The van der Waals surface area contributed by atoms with Gasteiger partial charge in [0.25, 0.3) is 5.91 Å². The number of methoxy groups -OCH3 is 1. The average molecular weight is 361 g/mol. The molecule has 0 heterocycles. The number of nitrogens with one attached hydrogen (secondary N) is 2. The maximum absolute atomic E-state index is 11.9. The molecular formula is C14H23N3O8. The van der Waals surface area contributed by atoms with Crippen LogP contribution in [0.4, 0.5) is 4.79 Å². The lowest BCUT2D eigenvalue weighted by atomic mass is 10.2. The third-order valence-corrected chi connectivity index (χ3v) is 2.25. The van der Waals surface area contributed by atoms with Crippen molar-refractivity contribution in [3.8, 4) is 0 Å². The topological polar surface area (TPSA) is 140 Å². The first kappa shape index (κ1) is 22.1. The van der Waals surface area contributed by atoms with Crippen molar-refractivity contribution in [3.63, 3.8) is 0 Å². The second-order valence-corrected chi connectivity index (χ2v) is 5.72. The van der Waals surface area contributed by atoms with E-state index in [4.69, 9.17) is 4.74 Å². The summed E-state index contributed by atoms with van der Waals surface area (Å²) in [6, 6.07) is 0. The summed E-state index contributed by atoms with van der Waals surface area (Å²) < 4.78 is 9.31. The molecule has 0 aliphatic heterocycles. The van der Waals surface area contributed by atoms with E-state index >= 15 is 0 Å². The van der Waals surface area contributed by atoms with Gasteiger partial charge in [-0.1, -0.05) is 0 Å². The number of nitrogens with zero attached hydrogens (tertiary/aromatic N) is 1. The van der Waals surface area contributed by atoms with E-state index in [1.165, 1.54) is 0 Å². The molecule has 0 fully saturated rings. The lowest BCUT2D eigenvalue weighted by Gasteiger charge is -2.20. The molecule has 25 heavy (non-hydrogen) atoms. The molecule has 0 saturated carbocycles. The molecule has 0 rings (SSSR count). The molecule has 0 saturated heterocycles. The Bertz CT molecular complexity index is 527. The summed E-state index contributed by atoms with van der Waals surface area (Å²) in [7, 11) is 1.10. The van der Waals surface area contributed by atoms with Crippen LogP contribution < -0.4 is 10.6 Å². The number of rotatable bonds is 6. The summed E-state index contributed by atoms with van der Waals surface area (Å²) in [4.78, 5) is 61.5. The van der Waals surface area contributed by atoms with Crippen molar-refractivity contribution in [1.82, 2.24) is 15.7 Å². The minimum absolute atomic E-state index is 0.424. The van der Waals surface area contributed by atoms with Gasteiger partial charge >= 0.3 is 18.0 Å². The van der Waals surface area contributed by atoms with Gasteiger partial charge in [0.2, 0.25) is 5.91 Å². The highest BCUT2D eigenvalue weighted by molar-refractivity contribution is 5.88. The number of esters is 1. The van der Waals surface area contributed by atoms with Crippen molar-refractivity contribution in [1.29, 1.82) is 0 Å². The lowest BCUT2D eigenvalue weighted by molar-refractivity contribution is -0.199. The Hall–Kier alpha value is -2.85. The van der Waals surface area contributed by atoms with Gasteiger partial charge in [-0.05, 0) is 20.8 Å². The normalized spacial score (nSPS) is 10.3. The SMILES string of the molecule is COC(=O)CN(OC(C)=O)C(=O)CNC(=O)CNC(=O)OC(C)(C)C. The second kappa shape index (κ2) is 10.1. The molecule has 0 bridgehead atoms. The minimum Gasteiger partial charge on any atom is -0.468 e. The predicted octanol–water partition coefficient (Wildman–Crippen LogP) is -0.893. The van der Waals surface area contributed by atoms with E-state index < -0.39 is 55.1 Å². The van der Waals surface area contributed by atoms with Crippen LogP contribution in [-0.4, -0.2) is 67.3 Å². The first-order chi connectivity index (χ1) is 11.4. The number of hydroxylamine groups is 2. The fraction of sp³-hybridized carbons (Fsp3) is 0.643. The smallest absolute Gasteiger partial charge is 0.408 e. The number of ether oxygens (including phenoxy) is 2. The Labute approximate surface area is 144 Å². The average Bonchev–Trinajstić information content (AvgIpc) is 2.47. The summed E-state index contributed by atoms with van der Waals surface area (Å²) in [5.74, 6) is -3.17. The molecule has 0 unspecified atom stereocenters. The van der Waals surface area contributed by atoms with E-state index in [1.807, 2.05) is 0 Å². The number of alkyl carbamates (subject to hydrolysis) is 1. The van der Waals surface area contributed by atoms with Gasteiger partial charge in [-0.15, -0.1) is 0 Å². The largest absolute Gasteiger partial charge is 0.468 e. The maximum Gasteiger partial charge on any atom is 0.408 e. The highest BCUT2D eigenvalue weighted by Crippen LogP contribution is 2.06. The van der Waals surface area contributed by atoms with Crippen LogP contribution in [0.15, 0.2) is 0 Å². The number of amides is 3. The monoisotopic (exact) mass is 361 g/mol. The Morgan fingerprint density at radius 3 is 2.08 bits per heavy atom. The second-order valence-electron chi connectivity index (χ2n) is 5.72. The van der Waals surface area contributed by atoms with Crippen molar-refractivity contribution in [2.45, 2.75) is 33.3 Å². The zero-order chi connectivity index (χ0) is 19.6. The predicted molar refractivity (Wildman–Crippen MR) is 82.7 cm³/mol. The van der Waals surface area contributed by atoms with E-state index in [1.54, 1.807) is 20.8 Å². The fourth-order valence-electron chi connectivity index (χ4n) is 1.30. The molecule has 0 aliphatic rings. The molecule has 0 aromatic carbocycles. The quantitative estimate of drug-likeness (QED) is 0.458. The molecule has 11 nitrogen and oxygen atoms in total. The molecule has 0 aromatic heterocycles. The summed E-state index contributed by atoms with van der Waals surface area (Å²) in [6.07, 6.45) is -0.791. The highest BCUT2D eigenvalue weighted by Gasteiger charge is 2.22. The van der Waals surface area contributed by atoms with Gasteiger partial charge in [-0.25, -0.2) is 9.59 Å². The van der Waals surface area contributed by atoms with Crippen molar-refractivity contribution in [3.05, 3.63) is 0 Å². The van der Waals surface area contributed by atoms with Gasteiger partial charge in [0.15, 0.2) is 6.54 Å². The van der Waals surface area contributed by atoms with Crippen LogP contribution in [0.2, 0.25) is 0 Å². The van der Waals surface area contributed by atoms with Crippen molar-refractivity contribution in [2.24, 2.45) is 0 Å². The Kier molecular flexibility index (Phi) is 8.95. The van der Waals surface area contributed by atoms with Crippen molar-refractivity contribution in [2.75, 3.05) is 26.7 Å². The molecule has 0 radical (unpaired) electrons. The highest BCUT2D eigenvalue weighted by atomic mass is 16.7. The third kappa shape index (κ3) is 11.3. The Morgan fingerprint density at radius 2 is 1.60 bits per heavy atom. The van der Waals surface area contributed by atoms with E-state index in [-0.39, 0.29) is 0 Å². The van der Waals surface area contributed by atoms with E-state index in [9.17, 15) is 24.0 Å². The summed E-state index contributed by atoms with van der Waals surface area (Å²) in [5.41, 5.74) is -0.713. The number of hydrogen-bond acceptors (Lipinski definition) is 8. The van der Waals surface area contributed by atoms with Crippen LogP contribution in [0, 0.1) is 0 Å². The fourth-order valence-corrected chi connectivity index (χ4v) is 1.30. The molecule has 2 N–H and O–H groups in total. The van der Waals surface area contributed by atoms with Crippen LogP contribution in [0.5, 0.6) is 0 Å². The van der Waals surface area contributed by atoms with Crippen LogP contribution in [0.3, 0.4) is 0 Å². The minimum atomic E-state index is -0.855. The third-order valence-electron chi connectivity index (χ3n) is 2.25. The molecule has 0 aliphatic carbocycles. The van der Waals surface area contributed by atoms with Gasteiger partial charge in [0.1, 0.15) is 12.1 Å². The van der Waals surface area contributed by atoms with Crippen molar-refractivity contribution < 1.29 is 38.3 Å². The zero-order valence-corrected chi connectivity index (χ0v) is 14.8. The lowest BCUT2D eigenvalue weighted by Crippen LogP contribution is -2.46. The van der Waals surface area contributed by atoms with Crippen LogP contribution >= 0.6 is 0 Å². The summed E-state index contributed by atoms with van der Waals surface area (Å²) in [6.45, 7) is 4.43. The van der Waals surface area contributed by atoms with Gasteiger partial charge in [0.05, 0.1) is 13.7 Å². The van der Waals surface area contributed by atoms with E-state index in [2.05, 4.69) is 20.2 Å². The molecule has 0 spiro atoms. The first-order valence-corrected chi connectivity index (χ1v) is 7.24. The maximum atomic E-state index is 11.9. The van der Waals surface area contributed by atoms with Crippen molar-refractivity contribution >= 4 is 29.8 Å². The number of carbonyl (C=O) groups excluding carboxylic acids is 5. The van der Waals surface area contributed by atoms with Crippen LogP contribution in [-0.2, 0) is 33.5 Å². The molecule has 0 aromatic rings. The van der Waals surface area contributed by atoms with Crippen LogP contribution in [0.25, 0.3) is 0 Å². The van der Waals surface area contributed by atoms with Gasteiger partial charge in [-0.3, -0.25) is 14.4 Å². The molecule has 0 atom stereocenters. The Morgan fingerprint density at radius 1 is 1.00 bits per heavy atom. The molecular weight excluding hydrogens is 338 g/mol. The number of hydrogen-bond donors (Lipinski definition) is 2. The van der Waals surface area contributed by atoms with E-state index in [0.717, 1.165) is 14.0 Å². The zero-order valence-electron chi connectivity index (χ0n) is 14.8. The Balaban J connectivity index is 4.38. The van der Waals surface area contributed by atoms with Gasteiger partial charge in [-0.2, -0.15) is 5.06 Å². The molecule has 11 heteroatoms. The summed E-state index contributed by atoms with van der Waals surface area (Å²) >= 11 is 0. The molecule has 3 amide bonds. The molecule has 142 valence electrons. The number of carbonyl (C=O) groups is 5. The van der Waals surface area contributed by atoms with Crippen LogP contribution in [0.1, 0.15) is 27.7 Å². The van der Waals surface area contributed by atoms with Gasteiger partial charge in [0, 0.05) is 6.92 Å². The standard InChI is InChI=1S/C14H23N3O8/c1-9(18)25-17(8-12(21)23-5)11(20)7-15-10(19)6-16-13(22)24-14(2,3)4/h6-8H2,1-5H3,(H,15,19)(H,16,22). The van der Waals surface area contributed by atoms with Gasteiger partial charge < -0.3 is 24.9 Å². The first-order valence-electron chi connectivity index (χ1n) is 7.24. The van der Waals surface area contributed by atoms with E-state index in [0.29, 0.717) is 5.06 Å².